The molecule has 5 nitrogen and oxygen atoms in total. The zero-order chi connectivity index (χ0) is 23.6. The third-order valence-corrected chi connectivity index (χ3v) is 8.57. The molecule has 1 amide bonds. The van der Waals surface area contributed by atoms with Gasteiger partial charge in [-0.25, -0.2) is 9.97 Å². The summed E-state index contributed by atoms with van der Waals surface area (Å²) in [5.41, 5.74) is 4.05. The standard InChI is InChI=1S/C28H31ClN4O/c1-16-30-25-7-5-4-6-21(25)26(31-16)23-14-22(23)20-9-8-17(12-24(20)29)27(34)33(3)19-13-18-10-11-28(2,15-19)32-18/h4-9,12,18-19,22-23,32H,10-11,13-15H2,1-3H3/t18-,19+,22+,23-,28+/m1/s1. The van der Waals surface area contributed by atoms with Crippen LogP contribution in [0.15, 0.2) is 42.5 Å². The molecule has 3 heterocycles. The number of para-hydroxylation sites is 1. The molecule has 3 aliphatic rings. The average molecular weight is 475 g/mol. The Morgan fingerprint density at radius 1 is 1.15 bits per heavy atom. The van der Waals surface area contributed by atoms with Crippen LogP contribution in [-0.2, 0) is 0 Å². The lowest BCUT2D eigenvalue weighted by molar-refractivity contribution is 0.0648. The third kappa shape index (κ3) is 3.79. The second-order valence-electron chi connectivity index (χ2n) is 10.8. The van der Waals surface area contributed by atoms with Crippen molar-refractivity contribution in [2.45, 2.75) is 75.4 Å². The molecule has 176 valence electrons. The molecule has 0 radical (unpaired) electrons. The summed E-state index contributed by atoms with van der Waals surface area (Å²) in [4.78, 5) is 24.6. The molecule has 5 atom stereocenters. The number of nitrogens with one attached hydrogen (secondary N) is 1. The fourth-order valence-electron chi connectivity index (χ4n) is 6.37. The molecular weight excluding hydrogens is 444 g/mol. The van der Waals surface area contributed by atoms with Crippen molar-refractivity contribution < 1.29 is 4.79 Å². The third-order valence-electron chi connectivity index (χ3n) is 8.24. The predicted octanol–water partition coefficient (Wildman–Crippen LogP) is 5.61. The lowest BCUT2D eigenvalue weighted by Gasteiger charge is -2.40. The van der Waals surface area contributed by atoms with E-state index >= 15 is 0 Å². The zero-order valence-corrected chi connectivity index (χ0v) is 20.8. The van der Waals surface area contributed by atoms with Gasteiger partial charge < -0.3 is 10.2 Å². The van der Waals surface area contributed by atoms with Crippen molar-refractivity contribution in [3.63, 3.8) is 0 Å². The Bertz CT molecular complexity index is 1290. The Labute approximate surface area is 205 Å². The summed E-state index contributed by atoms with van der Waals surface area (Å²) in [5.74, 6) is 1.52. The highest BCUT2D eigenvalue weighted by atomic mass is 35.5. The Balaban J connectivity index is 1.21. The van der Waals surface area contributed by atoms with Gasteiger partial charge in [-0.15, -0.1) is 0 Å². The van der Waals surface area contributed by atoms with E-state index in [4.69, 9.17) is 16.6 Å². The van der Waals surface area contributed by atoms with Gasteiger partial charge in [-0.2, -0.15) is 0 Å². The number of rotatable bonds is 4. The fraction of sp³-hybridized carbons (Fsp3) is 0.464. The minimum atomic E-state index is 0.0631. The number of piperidine rings is 1. The number of halogens is 1. The van der Waals surface area contributed by atoms with Crippen LogP contribution < -0.4 is 5.32 Å². The Kier molecular flexibility index (Phi) is 5.19. The molecule has 6 rings (SSSR count). The summed E-state index contributed by atoms with van der Waals surface area (Å²) >= 11 is 6.77. The SMILES string of the molecule is Cc1nc([C@@H]2C[C@H]2c2ccc(C(=O)N(C)[C@H]3C[C@H]4CC[C@@](C)(C3)N4)cc2Cl)c2ccccc2n1. The molecule has 3 aromatic rings. The van der Waals surface area contributed by atoms with E-state index in [1.54, 1.807) is 0 Å². The van der Waals surface area contributed by atoms with E-state index in [-0.39, 0.29) is 17.5 Å². The molecule has 2 bridgehead atoms. The van der Waals surface area contributed by atoms with Crippen LogP contribution in [-0.4, -0.2) is 45.4 Å². The molecule has 1 aliphatic carbocycles. The summed E-state index contributed by atoms with van der Waals surface area (Å²) in [7, 11) is 1.95. The first-order chi connectivity index (χ1) is 16.3. The smallest absolute Gasteiger partial charge is 0.253 e. The topological polar surface area (TPSA) is 58.1 Å². The zero-order valence-electron chi connectivity index (χ0n) is 20.0. The molecule has 1 aromatic heterocycles. The van der Waals surface area contributed by atoms with Crippen molar-refractivity contribution in [3.8, 4) is 0 Å². The molecule has 1 N–H and O–H groups in total. The van der Waals surface area contributed by atoms with Crippen molar-refractivity contribution in [3.05, 3.63) is 70.1 Å². The van der Waals surface area contributed by atoms with Crippen LogP contribution in [0.5, 0.6) is 0 Å². The normalized spacial score (nSPS) is 29.9. The van der Waals surface area contributed by atoms with Gasteiger partial charge in [0.2, 0.25) is 0 Å². The highest BCUT2D eigenvalue weighted by Crippen LogP contribution is 2.56. The van der Waals surface area contributed by atoms with Crippen LogP contribution in [0.4, 0.5) is 0 Å². The second kappa shape index (κ2) is 8.03. The van der Waals surface area contributed by atoms with Crippen LogP contribution in [0.3, 0.4) is 0 Å². The monoisotopic (exact) mass is 474 g/mol. The van der Waals surface area contributed by atoms with Gasteiger partial charge in [0.25, 0.3) is 5.91 Å². The maximum Gasteiger partial charge on any atom is 0.253 e. The van der Waals surface area contributed by atoms with Crippen molar-refractivity contribution in [1.82, 2.24) is 20.2 Å². The largest absolute Gasteiger partial charge is 0.339 e. The van der Waals surface area contributed by atoms with Crippen LogP contribution in [0, 0.1) is 6.92 Å². The van der Waals surface area contributed by atoms with Crippen molar-refractivity contribution in [2.75, 3.05) is 7.05 Å². The lowest BCUT2D eigenvalue weighted by Crippen LogP contribution is -2.54. The number of carbonyl (C=O) groups is 1. The minimum absolute atomic E-state index is 0.0631. The van der Waals surface area contributed by atoms with Crippen molar-refractivity contribution in [2.24, 2.45) is 0 Å². The number of aromatic nitrogens is 2. The first-order valence-corrected chi connectivity index (χ1v) is 12.8. The number of benzene rings is 2. The number of hydrogen-bond donors (Lipinski definition) is 1. The van der Waals surface area contributed by atoms with E-state index in [9.17, 15) is 4.79 Å². The van der Waals surface area contributed by atoms with Gasteiger partial charge in [-0.1, -0.05) is 35.9 Å². The van der Waals surface area contributed by atoms with E-state index in [2.05, 4.69) is 29.4 Å². The van der Waals surface area contributed by atoms with E-state index < -0.39 is 0 Å². The molecule has 2 aliphatic heterocycles. The summed E-state index contributed by atoms with van der Waals surface area (Å²) in [6.07, 6.45) is 5.45. The number of carbonyl (C=O) groups excluding carboxylic acids is 1. The van der Waals surface area contributed by atoms with E-state index in [1.165, 1.54) is 12.8 Å². The predicted molar refractivity (Wildman–Crippen MR) is 136 cm³/mol. The number of amides is 1. The number of fused-ring (bicyclic) bond motifs is 3. The molecule has 34 heavy (non-hydrogen) atoms. The van der Waals surface area contributed by atoms with Gasteiger partial charge in [0.15, 0.2) is 0 Å². The van der Waals surface area contributed by atoms with E-state index in [0.29, 0.717) is 28.5 Å². The summed E-state index contributed by atoms with van der Waals surface area (Å²) in [6.45, 7) is 4.24. The molecule has 2 aromatic carbocycles. The first kappa shape index (κ1) is 22.0. The first-order valence-electron chi connectivity index (χ1n) is 12.4. The summed E-state index contributed by atoms with van der Waals surface area (Å²) < 4.78 is 0. The number of aryl methyl sites for hydroxylation is 1. The Hall–Kier alpha value is -2.50. The maximum atomic E-state index is 13.3. The second-order valence-corrected chi connectivity index (χ2v) is 11.2. The van der Waals surface area contributed by atoms with Crippen molar-refractivity contribution >= 4 is 28.4 Å². The van der Waals surface area contributed by atoms with E-state index in [0.717, 1.165) is 47.2 Å². The van der Waals surface area contributed by atoms with Crippen LogP contribution >= 0.6 is 11.6 Å². The van der Waals surface area contributed by atoms with Gasteiger partial charge in [0.05, 0.1) is 11.2 Å². The average Bonchev–Trinajstić information content (AvgIpc) is 3.56. The maximum absolute atomic E-state index is 13.3. The quantitative estimate of drug-likeness (QED) is 0.534. The highest BCUT2D eigenvalue weighted by Gasteiger charge is 2.45. The molecule has 2 saturated heterocycles. The number of nitrogens with zero attached hydrogens (tertiary/aromatic N) is 3. The molecule has 3 fully saturated rings. The van der Waals surface area contributed by atoms with Crippen LogP contribution in [0.1, 0.15) is 78.3 Å². The Morgan fingerprint density at radius 2 is 1.97 bits per heavy atom. The molecular formula is C28H31ClN4O. The van der Waals surface area contributed by atoms with Gasteiger partial charge in [0.1, 0.15) is 5.82 Å². The number of hydrogen-bond acceptors (Lipinski definition) is 4. The lowest BCUT2D eigenvalue weighted by atomic mass is 9.88. The Morgan fingerprint density at radius 3 is 2.76 bits per heavy atom. The molecule has 6 heteroatoms. The molecule has 0 spiro atoms. The summed E-state index contributed by atoms with van der Waals surface area (Å²) in [6, 6.07) is 14.9. The van der Waals surface area contributed by atoms with Crippen LogP contribution in [0.2, 0.25) is 5.02 Å². The van der Waals surface area contributed by atoms with E-state index in [1.807, 2.05) is 49.2 Å². The van der Waals surface area contributed by atoms with Gasteiger partial charge in [-0.05, 0) is 75.6 Å². The molecule has 1 saturated carbocycles. The van der Waals surface area contributed by atoms with Gasteiger partial charge >= 0.3 is 0 Å². The fourth-order valence-corrected chi connectivity index (χ4v) is 6.69. The van der Waals surface area contributed by atoms with Gasteiger partial charge in [0, 0.05) is 46.6 Å². The molecule has 0 unspecified atom stereocenters. The van der Waals surface area contributed by atoms with Crippen LogP contribution in [0.25, 0.3) is 10.9 Å². The highest BCUT2D eigenvalue weighted by molar-refractivity contribution is 6.31. The van der Waals surface area contributed by atoms with Gasteiger partial charge in [-0.3, -0.25) is 4.79 Å². The summed E-state index contributed by atoms with van der Waals surface area (Å²) in [5, 5.41) is 5.53. The minimum Gasteiger partial charge on any atom is -0.339 e. The van der Waals surface area contributed by atoms with Crippen molar-refractivity contribution in [1.29, 1.82) is 0 Å².